The van der Waals surface area contributed by atoms with Crippen molar-refractivity contribution in [3.63, 3.8) is 0 Å². The van der Waals surface area contributed by atoms with Gasteiger partial charge in [0.2, 0.25) is 0 Å². The summed E-state index contributed by atoms with van der Waals surface area (Å²) in [4.78, 5) is 2.51. The maximum atomic E-state index is 5.79. The molecule has 0 unspecified atom stereocenters. The van der Waals surface area contributed by atoms with Crippen LogP contribution in [0.3, 0.4) is 0 Å². The predicted molar refractivity (Wildman–Crippen MR) is 79.6 cm³/mol. The second-order valence-corrected chi connectivity index (χ2v) is 5.15. The molecule has 0 radical (unpaired) electrons. The van der Waals surface area contributed by atoms with E-state index in [2.05, 4.69) is 41.4 Å². The van der Waals surface area contributed by atoms with E-state index >= 15 is 0 Å². The summed E-state index contributed by atoms with van der Waals surface area (Å²) in [6, 6.07) is 8.41. The lowest BCUT2D eigenvalue weighted by atomic mass is 10.1. The van der Waals surface area contributed by atoms with E-state index in [0.29, 0.717) is 0 Å². The Morgan fingerprint density at radius 2 is 2.11 bits per heavy atom. The van der Waals surface area contributed by atoms with Crippen LogP contribution in [0, 0.1) is 0 Å². The van der Waals surface area contributed by atoms with E-state index in [4.69, 9.17) is 4.74 Å². The van der Waals surface area contributed by atoms with E-state index in [1.165, 1.54) is 31.4 Å². The Morgan fingerprint density at radius 3 is 3.00 bits per heavy atom. The van der Waals surface area contributed by atoms with Gasteiger partial charge in [0.1, 0.15) is 12.4 Å². The molecular weight excluding hydrogens is 236 g/mol. The van der Waals surface area contributed by atoms with Crippen LogP contribution in [0.15, 0.2) is 24.3 Å². The maximum absolute atomic E-state index is 5.79. The number of benzene rings is 1. The van der Waals surface area contributed by atoms with Crippen molar-refractivity contribution < 1.29 is 4.74 Å². The molecule has 0 aromatic heterocycles. The zero-order valence-electron chi connectivity index (χ0n) is 12.0. The highest BCUT2D eigenvalue weighted by Gasteiger charge is 2.13. The van der Waals surface area contributed by atoms with E-state index in [1.54, 1.807) is 0 Å². The molecule has 0 aliphatic carbocycles. The van der Waals surface area contributed by atoms with Gasteiger partial charge in [0.25, 0.3) is 0 Å². The number of para-hydroxylation sites is 1. The number of unbranched alkanes of at least 4 members (excludes halogenated alkanes) is 2. The van der Waals surface area contributed by atoms with Gasteiger partial charge in [0.15, 0.2) is 0 Å². The van der Waals surface area contributed by atoms with Crippen molar-refractivity contribution >= 4 is 0 Å². The fourth-order valence-corrected chi connectivity index (χ4v) is 2.51. The molecule has 0 saturated carbocycles. The van der Waals surface area contributed by atoms with Crippen LogP contribution in [0.5, 0.6) is 5.75 Å². The molecule has 1 aromatic carbocycles. The van der Waals surface area contributed by atoms with Gasteiger partial charge >= 0.3 is 0 Å². The van der Waals surface area contributed by atoms with Crippen LogP contribution in [0.4, 0.5) is 0 Å². The number of nitrogens with zero attached hydrogens (tertiary/aromatic N) is 1. The molecule has 1 N–H and O–H groups in total. The second kappa shape index (κ2) is 8.18. The Balaban J connectivity index is 1.70. The largest absolute Gasteiger partial charge is 0.492 e. The summed E-state index contributed by atoms with van der Waals surface area (Å²) >= 11 is 0. The highest BCUT2D eigenvalue weighted by molar-refractivity contribution is 5.33. The van der Waals surface area contributed by atoms with Gasteiger partial charge in [-0.3, -0.25) is 4.90 Å². The molecule has 1 heterocycles. The van der Waals surface area contributed by atoms with Gasteiger partial charge in [0.05, 0.1) is 0 Å². The number of ether oxygens (including phenoxy) is 1. The molecule has 0 spiro atoms. The van der Waals surface area contributed by atoms with Gasteiger partial charge in [-0.15, -0.1) is 0 Å². The molecule has 0 fully saturated rings. The fraction of sp³-hybridized carbons (Fsp3) is 0.625. The highest BCUT2D eigenvalue weighted by Crippen LogP contribution is 2.22. The molecule has 0 amide bonds. The lowest BCUT2D eigenvalue weighted by Crippen LogP contribution is -2.27. The third kappa shape index (κ3) is 4.84. The molecule has 3 heteroatoms. The first-order valence-electron chi connectivity index (χ1n) is 7.54. The predicted octanol–water partition coefficient (Wildman–Crippen LogP) is 2.66. The van der Waals surface area contributed by atoms with Gasteiger partial charge in [-0.1, -0.05) is 31.5 Å². The molecule has 19 heavy (non-hydrogen) atoms. The summed E-state index contributed by atoms with van der Waals surface area (Å²) in [6.07, 6.45) is 3.88. The van der Waals surface area contributed by atoms with Crippen molar-refractivity contribution in [2.75, 3.05) is 32.8 Å². The van der Waals surface area contributed by atoms with Crippen LogP contribution in [-0.4, -0.2) is 37.7 Å². The summed E-state index contributed by atoms with van der Waals surface area (Å²) < 4.78 is 5.79. The molecule has 3 nitrogen and oxygen atoms in total. The van der Waals surface area contributed by atoms with E-state index < -0.39 is 0 Å². The van der Waals surface area contributed by atoms with Gasteiger partial charge in [-0.05, 0) is 38.5 Å². The van der Waals surface area contributed by atoms with E-state index in [9.17, 15) is 0 Å². The van der Waals surface area contributed by atoms with Gasteiger partial charge < -0.3 is 10.1 Å². The molecule has 1 aromatic rings. The zero-order chi connectivity index (χ0) is 13.3. The van der Waals surface area contributed by atoms with Crippen LogP contribution in [0.1, 0.15) is 31.7 Å². The fourth-order valence-electron chi connectivity index (χ4n) is 2.51. The van der Waals surface area contributed by atoms with Crippen LogP contribution >= 0.6 is 0 Å². The number of hydrogen-bond donors (Lipinski definition) is 1. The minimum atomic E-state index is 0.814. The Bertz CT molecular complexity index is 368. The molecule has 0 saturated heterocycles. The van der Waals surface area contributed by atoms with Crippen molar-refractivity contribution in [2.45, 2.75) is 32.7 Å². The van der Waals surface area contributed by atoms with Crippen LogP contribution in [0.2, 0.25) is 0 Å². The monoisotopic (exact) mass is 262 g/mol. The van der Waals surface area contributed by atoms with Crippen molar-refractivity contribution in [3.05, 3.63) is 29.8 Å². The van der Waals surface area contributed by atoms with Crippen molar-refractivity contribution in [2.24, 2.45) is 0 Å². The molecule has 2 rings (SSSR count). The van der Waals surface area contributed by atoms with Crippen LogP contribution in [0.25, 0.3) is 0 Å². The Kier molecular flexibility index (Phi) is 6.18. The minimum Gasteiger partial charge on any atom is -0.492 e. The standard InChI is InChI=1S/C16H26N2O/c1-2-17-10-6-3-7-11-18-12-13-19-16-9-5-4-8-15(16)14-18/h4-5,8-9,17H,2-3,6-7,10-14H2,1H3. The first-order chi connectivity index (χ1) is 9.40. The number of nitrogens with one attached hydrogen (secondary N) is 1. The van der Waals surface area contributed by atoms with Crippen molar-refractivity contribution in [1.29, 1.82) is 0 Å². The first-order valence-corrected chi connectivity index (χ1v) is 7.54. The average molecular weight is 262 g/mol. The minimum absolute atomic E-state index is 0.814. The molecule has 1 aliphatic heterocycles. The summed E-state index contributed by atoms with van der Waals surface area (Å²) in [7, 11) is 0. The molecule has 0 atom stereocenters. The molecule has 1 aliphatic rings. The van der Waals surface area contributed by atoms with Crippen molar-refractivity contribution in [3.8, 4) is 5.75 Å². The topological polar surface area (TPSA) is 24.5 Å². The third-order valence-electron chi connectivity index (χ3n) is 3.61. The normalized spacial score (nSPS) is 15.6. The summed E-state index contributed by atoms with van der Waals surface area (Å²) in [5.74, 6) is 1.07. The summed E-state index contributed by atoms with van der Waals surface area (Å²) in [5, 5.41) is 3.38. The Hall–Kier alpha value is -1.06. The lowest BCUT2D eigenvalue weighted by molar-refractivity contribution is 0.222. The van der Waals surface area contributed by atoms with Gasteiger partial charge in [-0.25, -0.2) is 0 Å². The molecule has 106 valence electrons. The van der Waals surface area contributed by atoms with Gasteiger partial charge in [0, 0.05) is 18.7 Å². The SMILES string of the molecule is CCNCCCCCN1CCOc2ccccc2C1. The third-order valence-corrected chi connectivity index (χ3v) is 3.61. The van der Waals surface area contributed by atoms with E-state index in [1.807, 2.05) is 0 Å². The second-order valence-electron chi connectivity index (χ2n) is 5.15. The first kappa shape index (κ1) is 14.4. The van der Waals surface area contributed by atoms with Crippen LogP contribution in [-0.2, 0) is 6.54 Å². The highest BCUT2D eigenvalue weighted by atomic mass is 16.5. The molecule has 0 bridgehead atoms. The maximum Gasteiger partial charge on any atom is 0.123 e. The quantitative estimate of drug-likeness (QED) is 0.765. The lowest BCUT2D eigenvalue weighted by Gasteiger charge is -2.19. The molecular formula is C16H26N2O. The van der Waals surface area contributed by atoms with E-state index in [0.717, 1.165) is 38.5 Å². The zero-order valence-corrected chi connectivity index (χ0v) is 12.0. The number of hydrogen-bond acceptors (Lipinski definition) is 3. The number of rotatable bonds is 7. The van der Waals surface area contributed by atoms with E-state index in [-0.39, 0.29) is 0 Å². The Morgan fingerprint density at radius 1 is 1.21 bits per heavy atom. The van der Waals surface area contributed by atoms with Crippen molar-refractivity contribution in [1.82, 2.24) is 10.2 Å². The summed E-state index contributed by atoms with van der Waals surface area (Å²) in [5.41, 5.74) is 1.33. The Labute approximate surface area is 116 Å². The van der Waals surface area contributed by atoms with Crippen LogP contribution < -0.4 is 10.1 Å². The average Bonchev–Trinajstić information content (AvgIpc) is 2.64. The van der Waals surface area contributed by atoms with Gasteiger partial charge in [-0.2, -0.15) is 0 Å². The smallest absolute Gasteiger partial charge is 0.123 e. The summed E-state index contributed by atoms with van der Waals surface area (Å²) in [6.45, 7) is 8.47. The number of fused-ring (bicyclic) bond motifs is 1.